The van der Waals surface area contributed by atoms with E-state index in [0.717, 1.165) is 28.6 Å². The maximum absolute atomic E-state index is 13.5. The van der Waals surface area contributed by atoms with Crippen molar-refractivity contribution in [3.8, 4) is 0 Å². The molecule has 1 heterocycles. The number of anilines is 1. The maximum Gasteiger partial charge on any atom is 0.270 e. The Bertz CT molecular complexity index is 883. The van der Waals surface area contributed by atoms with Gasteiger partial charge in [0.05, 0.1) is 5.02 Å². The normalized spacial score (nSPS) is 15.4. The highest BCUT2D eigenvalue weighted by atomic mass is 35.5. The van der Waals surface area contributed by atoms with Crippen LogP contribution in [0.5, 0.6) is 0 Å². The molecule has 1 aromatic heterocycles. The fourth-order valence-corrected chi connectivity index (χ4v) is 5.13. The van der Waals surface area contributed by atoms with Crippen LogP contribution < -0.4 is 4.90 Å². The van der Waals surface area contributed by atoms with E-state index in [-0.39, 0.29) is 11.9 Å². The summed E-state index contributed by atoms with van der Waals surface area (Å²) in [5, 5.41) is 1.55. The number of carbonyl (C=O) groups is 1. The van der Waals surface area contributed by atoms with Crippen molar-refractivity contribution in [2.75, 3.05) is 4.90 Å². The highest BCUT2D eigenvalue weighted by molar-refractivity contribution is 7.21. The second-order valence-electron chi connectivity index (χ2n) is 6.54. The van der Waals surface area contributed by atoms with Gasteiger partial charge in [0.25, 0.3) is 5.91 Å². The van der Waals surface area contributed by atoms with Crippen molar-refractivity contribution in [2.45, 2.75) is 38.1 Å². The molecule has 0 unspecified atom stereocenters. The average Bonchev–Trinajstić information content (AvgIpc) is 3.01. The Balaban J connectivity index is 1.77. The van der Waals surface area contributed by atoms with Crippen molar-refractivity contribution in [3.05, 3.63) is 64.5 Å². The van der Waals surface area contributed by atoms with Gasteiger partial charge in [-0.1, -0.05) is 67.3 Å². The second kappa shape index (κ2) is 7.19. The first-order valence-corrected chi connectivity index (χ1v) is 10.0. The smallest absolute Gasteiger partial charge is 0.270 e. The summed E-state index contributed by atoms with van der Waals surface area (Å²) in [6, 6.07) is 18.2. The summed E-state index contributed by atoms with van der Waals surface area (Å²) in [6.07, 6.45) is 5.74. The van der Waals surface area contributed by atoms with Crippen molar-refractivity contribution in [2.24, 2.45) is 0 Å². The van der Waals surface area contributed by atoms with Crippen LogP contribution in [0.15, 0.2) is 54.6 Å². The molecule has 0 radical (unpaired) electrons. The van der Waals surface area contributed by atoms with E-state index in [0.29, 0.717) is 9.90 Å². The van der Waals surface area contributed by atoms with Gasteiger partial charge in [-0.05, 0) is 31.0 Å². The number of benzene rings is 2. The zero-order valence-electron chi connectivity index (χ0n) is 14.0. The third-order valence-corrected chi connectivity index (χ3v) is 6.59. The number of fused-ring (bicyclic) bond motifs is 1. The zero-order chi connectivity index (χ0) is 17.2. The predicted molar refractivity (Wildman–Crippen MR) is 107 cm³/mol. The molecular formula is C21H20ClNOS. The molecule has 1 fully saturated rings. The molecule has 1 amide bonds. The van der Waals surface area contributed by atoms with Gasteiger partial charge in [-0.2, -0.15) is 0 Å². The molecule has 2 aromatic carbocycles. The number of amides is 1. The van der Waals surface area contributed by atoms with Gasteiger partial charge in [0, 0.05) is 21.8 Å². The highest BCUT2D eigenvalue weighted by Crippen LogP contribution is 2.38. The van der Waals surface area contributed by atoms with Crippen LogP contribution in [0.4, 0.5) is 5.69 Å². The fraction of sp³-hybridized carbons (Fsp3) is 0.286. The number of hydrogen-bond acceptors (Lipinski definition) is 2. The van der Waals surface area contributed by atoms with Gasteiger partial charge in [0.15, 0.2) is 0 Å². The van der Waals surface area contributed by atoms with Crippen LogP contribution >= 0.6 is 22.9 Å². The molecule has 4 heteroatoms. The van der Waals surface area contributed by atoms with E-state index in [1.807, 2.05) is 59.5 Å². The monoisotopic (exact) mass is 369 g/mol. The molecule has 2 nitrogen and oxygen atoms in total. The quantitative estimate of drug-likeness (QED) is 0.513. The van der Waals surface area contributed by atoms with Crippen molar-refractivity contribution >= 4 is 44.6 Å². The van der Waals surface area contributed by atoms with E-state index in [1.54, 1.807) is 0 Å². The molecule has 1 saturated carbocycles. The molecule has 0 saturated heterocycles. The summed E-state index contributed by atoms with van der Waals surface area (Å²) in [5.41, 5.74) is 0.966. The molecule has 0 spiro atoms. The largest absolute Gasteiger partial charge is 0.305 e. The van der Waals surface area contributed by atoms with E-state index in [1.165, 1.54) is 30.6 Å². The molecule has 0 atom stereocenters. The van der Waals surface area contributed by atoms with Gasteiger partial charge in [0.2, 0.25) is 0 Å². The summed E-state index contributed by atoms with van der Waals surface area (Å²) in [6.45, 7) is 0. The summed E-state index contributed by atoms with van der Waals surface area (Å²) >= 11 is 8.08. The van der Waals surface area contributed by atoms with Crippen molar-refractivity contribution < 1.29 is 4.79 Å². The minimum atomic E-state index is 0.0318. The Morgan fingerprint density at radius 3 is 2.36 bits per heavy atom. The number of halogens is 1. The van der Waals surface area contributed by atoms with Crippen LogP contribution in [-0.2, 0) is 0 Å². The SMILES string of the molecule is O=C(c1sc2ccccc2c1Cl)N(c1ccccc1)C1CCCCC1. The first kappa shape index (κ1) is 16.6. The van der Waals surface area contributed by atoms with Crippen molar-refractivity contribution in [1.29, 1.82) is 0 Å². The molecule has 4 rings (SSSR count). The zero-order valence-corrected chi connectivity index (χ0v) is 15.5. The molecule has 0 aliphatic heterocycles. The molecule has 0 bridgehead atoms. The minimum Gasteiger partial charge on any atom is -0.305 e. The number of thiophene rings is 1. The van der Waals surface area contributed by atoms with Gasteiger partial charge in [-0.15, -0.1) is 11.3 Å². The van der Waals surface area contributed by atoms with E-state index in [9.17, 15) is 4.79 Å². The lowest BCUT2D eigenvalue weighted by Gasteiger charge is -2.34. The number of hydrogen-bond donors (Lipinski definition) is 0. The van der Waals surface area contributed by atoms with Crippen molar-refractivity contribution in [1.82, 2.24) is 0 Å². The Labute approximate surface area is 157 Å². The number of rotatable bonds is 3. The van der Waals surface area contributed by atoms with E-state index in [4.69, 9.17) is 11.6 Å². The number of carbonyl (C=O) groups excluding carboxylic acids is 1. The summed E-state index contributed by atoms with van der Waals surface area (Å²) in [4.78, 5) is 16.1. The summed E-state index contributed by atoms with van der Waals surface area (Å²) in [7, 11) is 0. The molecule has 25 heavy (non-hydrogen) atoms. The third-order valence-electron chi connectivity index (χ3n) is 4.92. The Hall–Kier alpha value is -1.84. The summed E-state index contributed by atoms with van der Waals surface area (Å²) in [5.74, 6) is 0.0318. The van der Waals surface area contributed by atoms with Crippen LogP contribution in [-0.4, -0.2) is 11.9 Å². The van der Waals surface area contributed by atoms with Crippen LogP contribution in [0, 0.1) is 0 Å². The average molecular weight is 370 g/mol. The maximum atomic E-state index is 13.5. The predicted octanol–water partition coefficient (Wildman–Crippen LogP) is 6.53. The van der Waals surface area contributed by atoms with Crippen LogP contribution in [0.3, 0.4) is 0 Å². The lowest BCUT2D eigenvalue weighted by molar-refractivity contribution is 0.0975. The minimum absolute atomic E-state index is 0.0318. The first-order valence-electron chi connectivity index (χ1n) is 8.81. The van der Waals surface area contributed by atoms with E-state index < -0.39 is 0 Å². The number of para-hydroxylation sites is 1. The molecule has 3 aromatic rings. The Morgan fingerprint density at radius 1 is 0.960 bits per heavy atom. The fourth-order valence-electron chi connectivity index (χ4n) is 3.68. The molecule has 1 aliphatic rings. The topological polar surface area (TPSA) is 20.3 Å². The van der Waals surface area contributed by atoms with Crippen LogP contribution in [0.25, 0.3) is 10.1 Å². The van der Waals surface area contributed by atoms with E-state index >= 15 is 0 Å². The third kappa shape index (κ3) is 3.19. The molecule has 1 aliphatic carbocycles. The molecule has 128 valence electrons. The number of nitrogens with zero attached hydrogens (tertiary/aromatic N) is 1. The van der Waals surface area contributed by atoms with Gasteiger partial charge >= 0.3 is 0 Å². The van der Waals surface area contributed by atoms with Gasteiger partial charge < -0.3 is 4.90 Å². The van der Waals surface area contributed by atoms with Gasteiger partial charge in [0.1, 0.15) is 4.88 Å². The molecular weight excluding hydrogens is 350 g/mol. The summed E-state index contributed by atoms with van der Waals surface area (Å²) < 4.78 is 1.06. The van der Waals surface area contributed by atoms with E-state index in [2.05, 4.69) is 0 Å². The van der Waals surface area contributed by atoms with Crippen LogP contribution in [0.2, 0.25) is 5.02 Å². The lowest BCUT2D eigenvalue weighted by atomic mass is 9.93. The van der Waals surface area contributed by atoms with Gasteiger partial charge in [-0.25, -0.2) is 0 Å². The lowest BCUT2D eigenvalue weighted by Crippen LogP contribution is -2.41. The van der Waals surface area contributed by atoms with Crippen LogP contribution in [0.1, 0.15) is 41.8 Å². The second-order valence-corrected chi connectivity index (χ2v) is 7.97. The van der Waals surface area contributed by atoms with Gasteiger partial charge in [-0.3, -0.25) is 4.79 Å². The first-order chi connectivity index (χ1) is 12.3. The standard InChI is InChI=1S/C21H20ClNOS/c22-19-17-13-7-8-14-18(17)25-20(19)21(24)23(15-9-3-1-4-10-15)16-11-5-2-6-12-16/h1,3-4,7-10,13-14,16H,2,5-6,11-12H2. The Kier molecular flexibility index (Phi) is 4.78. The Morgan fingerprint density at radius 2 is 1.64 bits per heavy atom. The molecule has 0 N–H and O–H groups in total. The van der Waals surface area contributed by atoms with Crippen molar-refractivity contribution in [3.63, 3.8) is 0 Å². The highest BCUT2D eigenvalue weighted by Gasteiger charge is 2.30.